The van der Waals surface area contributed by atoms with Gasteiger partial charge in [0.1, 0.15) is 4.88 Å². The van der Waals surface area contributed by atoms with E-state index < -0.39 is 5.97 Å². The number of carbonyl (C=O) groups is 2. The van der Waals surface area contributed by atoms with Gasteiger partial charge in [0.2, 0.25) is 0 Å². The second-order valence-corrected chi connectivity index (χ2v) is 5.84. The Labute approximate surface area is 126 Å². The summed E-state index contributed by atoms with van der Waals surface area (Å²) in [5, 5.41) is 12.2. The van der Waals surface area contributed by atoms with Gasteiger partial charge in [0.05, 0.1) is 15.6 Å². The zero-order chi connectivity index (χ0) is 14.0. The van der Waals surface area contributed by atoms with Crippen molar-refractivity contribution in [2.75, 3.05) is 5.32 Å². The van der Waals surface area contributed by atoms with Crippen molar-refractivity contribution in [3.05, 3.63) is 50.3 Å². The van der Waals surface area contributed by atoms with Crippen LogP contribution in [0.1, 0.15) is 20.0 Å². The number of carboxylic acid groups (broad SMARTS) is 1. The zero-order valence-corrected chi connectivity index (χ0v) is 12.5. The van der Waals surface area contributed by atoms with Crippen LogP contribution < -0.4 is 5.32 Å². The average Bonchev–Trinajstić information content (AvgIpc) is 2.81. The Bertz CT molecular complexity index is 656. The zero-order valence-electron chi connectivity index (χ0n) is 9.31. The molecule has 2 aromatic rings. The van der Waals surface area contributed by atoms with Gasteiger partial charge in [-0.1, -0.05) is 17.7 Å². The molecule has 2 rings (SSSR count). The summed E-state index contributed by atoms with van der Waals surface area (Å²) in [6.07, 6.45) is 0. The van der Waals surface area contributed by atoms with Gasteiger partial charge < -0.3 is 10.4 Å². The minimum Gasteiger partial charge on any atom is -0.477 e. The standard InChI is InChI=1S/C12H7BrClNO3S/c13-7-3-1-2-6(10(7)14)11(16)15-9-5-4-8(19-9)12(17)18/h1-5H,(H,15,16)(H,17,18). The number of amides is 1. The van der Waals surface area contributed by atoms with Crippen molar-refractivity contribution in [1.29, 1.82) is 0 Å². The number of anilines is 1. The summed E-state index contributed by atoms with van der Waals surface area (Å²) in [6.45, 7) is 0. The lowest BCUT2D eigenvalue weighted by Gasteiger charge is -2.05. The van der Waals surface area contributed by atoms with Crippen LogP contribution in [0.25, 0.3) is 0 Å². The molecule has 7 heteroatoms. The summed E-state index contributed by atoms with van der Waals surface area (Å²) < 4.78 is 0.624. The minimum atomic E-state index is -1.02. The van der Waals surface area contributed by atoms with Crippen LogP contribution in [0.2, 0.25) is 5.02 Å². The largest absolute Gasteiger partial charge is 0.477 e. The van der Waals surface area contributed by atoms with E-state index in [4.69, 9.17) is 16.7 Å². The van der Waals surface area contributed by atoms with Gasteiger partial charge >= 0.3 is 5.97 Å². The number of nitrogens with one attached hydrogen (secondary N) is 1. The molecule has 0 fully saturated rings. The summed E-state index contributed by atoms with van der Waals surface area (Å²) in [6, 6.07) is 7.99. The lowest BCUT2D eigenvalue weighted by atomic mass is 10.2. The molecule has 2 N–H and O–H groups in total. The Hall–Kier alpha value is -1.37. The number of halogens is 2. The van der Waals surface area contributed by atoms with Crippen LogP contribution in [0.3, 0.4) is 0 Å². The summed E-state index contributed by atoms with van der Waals surface area (Å²) >= 11 is 10.2. The summed E-state index contributed by atoms with van der Waals surface area (Å²) in [4.78, 5) is 22.9. The van der Waals surface area contributed by atoms with E-state index in [-0.39, 0.29) is 10.8 Å². The highest BCUT2D eigenvalue weighted by Crippen LogP contribution is 2.28. The van der Waals surface area contributed by atoms with Crippen LogP contribution in [0.15, 0.2) is 34.8 Å². The molecule has 0 radical (unpaired) electrons. The molecular formula is C12H7BrClNO3S. The molecule has 0 atom stereocenters. The van der Waals surface area contributed by atoms with Crippen LogP contribution in [0.4, 0.5) is 5.00 Å². The fourth-order valence-corrected chi connectivity index (χ4v) is 2.70. The Morgan fingerprint density at radius 3 is 2.63 bits per heavy atom. The molecule has 0 bridgehead atoms. The highest BCUT2D eigenvalue weighted by atomic mass is 79.9. The van der Waals surface area contributed by atoms with Crippen molar-refractivity contribution in [1.82, 2.24) is 0 Å². The number of hydrogen-bond acceptors (Lipinski definition) is 3. The molecule has 1 amide bonds. The topological polar surface area (TPSA) is 66.4 Å². The lowest BCUT2D eigenvalue weighted by Crippen LogP contribution is -2.11. The first-order valence-electron chi connectivity index (χ1n) is 5.07. The summed E-state index contributed by atoms with van der Waals surface area (Å²) in [5.74, 6) is -1.41. The van der Waals surface area contributed by atoms with E-state index >= 15 is 0 Å². The quantitative estimate of drug-likeness (QED) is 0.865. The number of carboxylic acids is 1. The first-order chi connectivity index (χ1) is 8.99. The van der Waals surface area contributed by atoms with Gasteiger partial charge in [0.25, 0.3) is 5.91 Å². The predicted molar refractivity (Wildman–Crippen MR) is 78.4 cm³/mol. The number of rotatable bonds is 3. The molecule has 0 aliphatic rings. The Kier molecular flexibility index (Phi) is 4.24. The van der Waals surface area contributed by atoms with Crippen molar-refractivity contribution >= 4 is 55.7 Å². The maximum absolute atomic E-state index is 12.0. The summed E-state index contributed by atoms with van der Waals surface area (Å²) in [7, 11) is 0. The van der Waals surface area contributed by atoms with Gasteiger partial charge in [-0.05, 0) is 40.2 Å². The van der Waals surface area contributed by atoms with Crippen LogP contribution in [0, 0.1) is 0 Å². The lowest BCUT2D eigenvalue weighted by molar-refractivity contribution is 0.0702. The third-order valence-corrected chi connectivity index (χ3v) is 4.53. The molecule has 0 aliphatic heterocycles. The van der Waals surface area contributed by atoms with E-state index in [9.17, 15) is 9.59 Å². The normalized spacial score (nSPS) is 10.2. The first kappa shape index (κ1) is 14.0. The van der Waals surface area contributed by atoms with Gasteiger partial charge in [-0.15, -0.1) is 11.3 Å². The number of hydrogen-bond donors (Lipinski definition) is 2. The van der Waals surface area contributed by atoms with Crippen LogP contribution in [-0.4, -0.2) is 17.0 Å². The van der Waals surface area contributed by atoms with Crippen molar-refractivity contribution in [3.8, 4) is 0 Å². The van der Waals surface area contributed by atoms with Crippen molar-refractivity contribution < 1.29 is 14.7 Å². The highest BCUT2D eigenvalue weighted by Gasteiger charge is 2.14. The molecule has 0 unspecified atom stereocenters. The van der Waals surface area contributed by atoms with Gasteiger partial charge in [0, 0.05) is 4.47 Å². The molecule has 0 saturated carbocycles. The monoisotopic (exact) mass is 359 g/mol. The fraction of sp³-hybridized carbons (Fsp3) is 0. The van der Waals surface area contributed by atoms with Crippen molar-refractivity contribution in [2.45, 2.75) is 0 Å². The second-order valence-electron chi connectivity index (χ2n) is 3.52. The first-order valence-corrected chi connectivity index (χ1v) is 7.06. The second kappa shape index (κ2) is 5.73. The minimum absolute atomic E-state index is 0.163. The molecule has 0 aliphatic carbocycles. The van der Waals surface area contributed by atoms with Crippen LogP contribution >= 0.6 is 38.9 Å². The molecule has 0 spiro atoms. The molecule has 1 aromatic carbocycles. The van der Waals surface area contributed by atoms with E-state index in [0.29, 0.717) is 20.1 Å². The molecule has 1 aromatic heterocycles. The third-order valence-electron chi connectivity index (χ3n) is 2.25. The molecule has 0 saturated heterocycles. The number of benzene rings is 1. The summed E-state index contributed by atoms with van der Waals surface area (Å²) in [5.41, 5.74) is 0.321. The van der Waals surface area contributed by atoms with Gasteiger partial charge in [-0.25, -0.2) is 4.79 Å². The van der Waals surface area contributed by atoms with E-state index in [1.165, 1.54) is 12.1 Å². The van der Waals surface area contributed by atoms with E-state index in [2.05, 4.69) is 21.2 Å². The molecule has 98 valence electrons. The van der Waals surface area contributed by atoms with E-state index in [1.54, 1.807) is 18.2 Å². The number of thiophene rings is 1. The average molecular weight is 361 g/mol. The molecule has 19 heavy (non-hydrogen) atoms. The Morgan fingerprint density at radius 2 is 2.00 bits per heavy atom. The number of carbonyl (C=O) groups excluding carboxylic acids is 1. The van der Waals surface area contributed by atoms with E-state index in [0.717, 1.165) is 11.3 Å². The predicted octanol–water partition coefficient (Wildman–Crippen LogP) is 4.11. The molecular weight excluding hydrogens is 354 g/mol. The van der Waals surface area contributed by atoms with Crippen molar-refractivity contribution in [3.63, 3.8) is 0 Å². The fourth-order valence-electron chi connectivity index (χ4n) is 1.38. The highest BCUT2D eigenvalue weighted by molar-refractivity contribution is 9.10. The molecule has 1 heterocycles. The molecule has 4 nitrogen and oxygen atoms in total. The van der Waals surface area contributed by atoms with Gasteiger partial charge in [0.15, 0.2) is 0 Å². The maximum Gasteiger partial charge on any atom is 0.345 e. The van der Waals surface area contributed by atoms with E-state index in [1.807, 2.05) is 0 Å². The van der Waals surface area contributed by atoms with Crippen LogP contribution in [-0.2, 0) is 0 Å². The van der Waals surface area contributed by atoms with Crippen LogP contribution in [0.5, 0.6) is 0 Å². The van der Waals surface area contributed by atoms with Gasteiger partial charge in [-0.3, -0.25) is 4.79 Å². The maximum atomic E-state index is 12.0. The van der Waals surface area contributed by atoms with Gasteiger partial charge in [-0.2, -0.15) is 0 Å². The Morgan fingerprint density at radius 1 is 1.26 bits per heavy atom. The SMILES string of the molecule is O=C(O)c1ccc(NC(=O)c2cccc(Br)c2Cl)s1. The smallest absolute Gasteiger partial charge is 0.345 e. The van der Waals surface area contributed by atoms with Crippen molar-refractivity contribution in [2.24, 2.45) is 0 Å². The number of aromatic carboxylic acids is 1. The Balaban J connectivity index is 2.21. The third kappa shape index (κ3) is 3.15.